The summed E-state index contributed by atoms with van der Waals surface area (Å²) < 4.78 is 53.9. The Balaban J connectivity index is 1.73. The lowest BCUT2D eigenvalue weighted by molar-refractivity contribution is -0.144. The number of aliphatic imine (C=N–C) groups is 1. The van der Waals surface area contributed by atoms with Crippen molar-refractivity contribution >= 4 is 12.2 Å². The van der Waals surface area contributed by atoms with Gasteiger partial charge >= 0.3 is 6.18 Å². The van der Waals surface area contributed by atoms with Crippen LogP contribution in [0.2, 0.25) is 0 Å². The number of hydrogen-bond donors (Lipinski definition) is 3. The lowest BCUT2D eigenvalue weighted by Gasteiger charge is -2.06. The molecule has 1 atom stereocenters. The van der Waals surface area contributed by atoms with Crippen molar-refractivity contribution in [2.45, 2.75) is 19.0 Å². The molecule has 3 aromatic heterocycles. The Morgan fingerprint density at radius 3 is 2.59 bits per heavy atom. The summed E-state index contributed by atoms with van der Waals surface area (Å²) in [5, 5.41) is 15.3. The van der Waals surface area contributed by atoms with Gasteiger partial charge in [-0.2, -0.15) is 13.2 Å². The van der Waals surface area contributed by atoms with Crippen molar-refractivity contribution in [1.82, 2.24) is 29.9 Å². The molecule has 4 aromatic rings. The van der Waals surface area contributed by atoms with E-state index in [-0.39, 0.29) is 22.8 Å². The minimum atomic E-state index is -4.68. The summed E-state index contributed by atoms with van der Waals surface area (Å²) in [5.74, 6) is -2.18. The highest BCUT2D eigenvalue weighted by Gasteiger charge is 2.34. The largest absolute Gasteiger partial charge is 0.451 e. The summed E-state index contributed by atoms with van der Waals surface area (Å²) in [5.41, 5.74) is 8.19. The number of nitrogens with one attached hydrogen (secondary N) is 2. The van der Waals surface area contributed by atoms with Gasteiger partial charge in [0.25, 0.3) is 0 Å². The van der Waals surface area contributed by atoms with Crippen LogP contribution in [0.5, 0.6) is 0 Å². The number of hydrogen-bond acceptors (Lipinski definition) is 5. The molecule has 0 radical (unpaired) electrons. The number of para-hydroxylation sites is 1. The first-order valence-corrected chi connectivity index (χ1v) is 9.81. The van der Waals surface area contributed by atoms with Crippen molar-refractivity contribution in [1.29, 1.82) is 5.41 Å². The Morgan fingerprint density at radius 1 is 1.24 bits per heavy atom. The highest BCUT2D eigenvalue weighted by Crippen LogP contribution is 2.32. The van der Waals surface area contributed by atoms with Crippen LogP contribution in [0.1, 0.15) is 35.7 Å². The van der Waals surface area contributed by atoms with E-state index in [1.165, 1.54) is 10.7 Å². The van der Waals surface area contributed by atoms with Crippen molar-refractivity contribution < 1.29 is 17.6 Å². The van der Waals surface area contributed by atoms with Crippen LogP contribution >= 0.6 is 0 Å². The second kappa shape index (κ2) is 8.84. The molecule has 0 spiro atoms. The molecule has 3 heterocycles. The molecule has 4 N–H and O–H groups in total. The SMILES string of the molecule is CC(c1cn(-c2ccccc2F)nn1)c1cc(-c2cnc(C(F)(F)F)nc2)c(C(N)=NC=N)[nH]1. The topological polar surface area (TPSA) is 135 Å². The van der Waals surface area contributed by atoms with Crippen LogP contribution in [0.15, 0.2) is 53.9 Å². The number of rotatable bonds is 6. The normalized spacial score (nSPS) is 13.1. The second-order valence-corrected chi connectivity index (χ2v) is 7.21. The van der Waals surface area contributed by atoms with Crippen LogP contribution in [0.25, 0.3) is 16.8 Å². The van der Waals surface area contributed by atoms with Gasteiger partial charge in [-0.15, -0.1) is 5.10 Å². The number of H-pyrrole nitrogens is 1. The maximum Gasteiger partial charge on any atom is 0.451 e. The highest BCUT2D eigenvalue weighted by molar-refractivity contribution is 6.04. The maximum absolute atomic E-state index is 14.1. The molecule has 0 saturated heterocycles. The van der Waals surface area contributed by atoms with Gasteiger partial charge in [0.05, 0.1) is 17.6 Å². The molecule has 9 nitrogen and oxygen atoms in total. The Kier molecular flexibility index (Phi) is 5.92. The summed E-state index contributed by atoms with van der Waals surface area (Å²) >= 11 is 0. The number of nitrogens with zero attached hydrogens (tertiary/aromatic N) is 6. The molecular formula is C21H17F4N9. The smallest absolute Gasteiger partial charge is 0.382 e. The summed E-state index contributed by atoms with van der Waals surface area (Å²) in [6.45, 7) is 1.81. The molecule has 13 heteroatoms. The molecule has 0 bridgehead atoms. The van der Waals surface area contributed by atoms with E-state index in [1.807, 2.05) is 6.92 Å². The molecule has 0 fully saturated rings. The molecule has 34 heavy (non-hydrogen) atoms. The predicted molar refractivity (Wildman–Crippen MR) is 115 cm³/mol. The van der Waals surface area contributed by atoms with E-state index in [9.17, 15) is 17.6 Å². The lowest BCUT2D eigenvalue weighted by atomic mass is 10.0. The average Bonchev–Trinajstić information content (AvgIpc) is 3.47. The molecule has 4 rings (SSSR count). The van der Waals surface area contributed by atoms with Gasteiger partial charge in [-0.1, -0.05) is 24.3 Å². The molecule has 1 unspecified atom stereocenters. The van der Waals surface area contributed by atoms with Gasteiger partial charge in [0.2, 0.25) is 5.82 Å². The van der Waals surface area contributed by atoms with Gasteiger partial charge in [-0.05, 0) is 18.2 Å². The lowest BCUT2D eigenvalue weighted by Crippen LogP contribution is -2.15. The van der Waals surface area contributed by atoms with Crippen LogP contribution in [0, 0.1) is 11.2 Å². The fourth-order valence-corrected chi connectivity index (χ4v) is 3.28. The third-order valence-corrected chi connectivity index (χ3v) is 5.04. The van der Waals surface area contributed by atoms with Gasteiger partial charge in [-0.25, -0.2) is 24.0 Å². The van der Waals surface area contributed by atoms with E-state index in [1.54, 1.807) is 30.5 Å². The van der Waals surface area contributed by atoms with Gasteiger partial charge in [0, 0.05) is 35.1 Å². The number of alkyl halides is 3. The van der Waals surface area contributed by atoms with Crippen molar-refractivity contribution in [3.05, 3.63) is 77.6 Å². The van der Waals surface area contributed by atoms with Crippen LogP contribution in [0.3, 0.4) is 0 Å². The number of benzene rings is 1. The number of halogens is 4. The van der Waals surface area contributed by atoms with Gasteiger partial charge in [0.15, 0.2) is 0 Å². The van der Waals surface area contributed by atoms with E-state index in [4.69, 9.17) is 11.1 Å². The third-order valence-electron chi connectivity index (χ3n) is 5.04. The average molecular weight is 471 g/mol. The first-order valence-electron chi connectivity index (χ1n) is 9.81. The van der Waals surface area contributed by atoms with Crippen LogP contribution in [-0.2, 0) is 6.18 Å². The predicted octanol–water partition coefficient (Wildman–Crippen LogP) is 3.67. The quantitative estimate of drug-likeness (QED) is 0.224. The zero-order valence-corrected chi connectivity index (χ0v) is 17.5. The van der Waals surface area contributed by atoms with Gasteiger partial charge in [-0.3, -0.25) is 5.41 Å². The van der Waals surface area contributed by atoms with Gasteiger partial charge < -0.3 is 10.7 Å². The third kappa shape index (κ3) is 4.40. The Bertz CT molecular complexity index is 1350. The summed E-state index contributed by atoms with van der Waals surface area (Å²) in [4.78, 5) is 13.6. The van der Waals surface area contributed by atoms with E-state index < -0.39 is 23.7 Å². The molecule has 0 aliphatic heterocycles. The molecular weight excluding hydrogens is 454 g/mol. The van der Waals surface area contributed by atoms with E-state index in [2.05, 4.69) is 30.3 Å². The summed E-state index contributed by atoms with van der Waals surface area (Å²) in [7, 11) is 0. The van der Waals surface area contributed by atoms with Crippen LogP contribution < -0.4 is 5.73 Å². The zero-order chi connectivity index (χ0) is 24.5. The Hall–Kier alpha value is -4.42. The van der Waals surface area contributed by atoms with E-state index in [0.717, 1.165) is 18.7 Å². The van der Waals surface area contributed by atoms with E-state index in [0.29, 0.717) is 17.0 Å². The van der Waals surface area contributed by atoms with Crippen LogP contribution in [-0.4, -0.2) is 42.1 Å². The standard InChI is InChI=1S/C21H17F4N9/c1-11(16-9-34(33-32-16)17-5-3-2-4-14(17)22)15-6-13(18(31-15)19(27)30-10-26)12-7-28-20(29-8-12)21(23,24)25/h2-11,31H,1H3,(H3,26,27,30). The zero-order valence-electron chi connectivity index (χ0n) is 17.5. The summed E-state index contributed by atoms with van der Waals surface area (Å²) in [6, 6.07) is 7.75. The second-order valence-electron chi connectivity index (χ2n) is 7.21. The fraction of sp³-hybridized carbons (Fsp3) is 0.143. The van der Waals surface area contributed by atoms with Gasteiger partial charge in [0.1, 0.15) is 23.7 Å². The maximum atomic E-state index is 14.1. The number of nitrogens with two attached hydrogens (primary N) is 1. The number of aromatic amines is 1. The minimum Gasteiger partial charge on any atom is -0.382 e. The molecule has 0 aliphatic rings. The van der Waals surface area contributed by atoms with E-state index >= 15 is 0 Å². The first-order chi connectivity index (χ1) is 16.2. The number of amidine groups is 1. The van der Waals surface area contributed by atoms with Crippen molar-refractivity contribution in [2.75, 3.05) is 0 Å². The van der Waals surface area contributed by atoms with Crippen molar-refractivity contribution in [3.63, 3.8) is 0 Å². The van der Waals surface area contributed by atoms with Crippen molar-refractivity contribution in [2.24, 2.45) is 10.7 Å². The molecule has 0 saturated carbocycles. The van der Waals surface area contributed by atoms with Crippen LogP contribution in [0.4, 0.5) is 17.6 Å². The van der Waals surface area contributed by atoms with Crippen molar-refractivity contribution in [3.8, 4) is 16.8 Å². The highest BCUT2D eigenvalue weighted by atomic mass is 19.4. The molecule has 1 aromatic carbocycles. The fourth-order valence-electron chi connectivity index (χ4n) is 3.28. The Labute approximate surface area is 189 Å². The molecule has 0 amide bonds. The number of aromatic nitrogens is 6. The Morgan fingerprint density at radius 2 is 1.94 bits per heavy atom. The monoisotopic (exact) mass is 471 g/mol. The minimum absolute atomic E-state index is 0.0571. The molecule has 174 valence electrons. The summed E-state index contributed by atoms with van der Waals surface area (Å²) in [6.07, 6.45) is -0.304. The first kappa shape index (κ1) is 22.8. The molecule has 0 aliphatic carbocycles.